The highest BCUT2D eigenvalue weighted by atomic mass is 16.5. The first-order chi connectivity index (χ1) is 11.8. The van der Waals surface area contributed by atoms with Crippen molar-refractivity contribution in [3.63, 3.8) is 0 Å². The molecule has 24 heavy (non-hydrogen) atoms. The van der Waals surface area contributed by atoms with Gasteiger partial charge in [-0.25, -0.2) is 0 Å². The summed E-state index contributed by atoms with van der Waals surface area (Å²) in [6, 6.07) is 17.9. The minimum atomic E-state index is 0.631. The molecule has 0 radical (unpaired) electrons. The van der Waals surface area contributed by atoms with Crippen molar-refractivity contribution in [2.45, 2.75) is 31.6 Å². The summed E-state index contributed by atoms with van der Waals surface area (Å²) in [6.45, 7) is 0. The standard InChI is InChI=1S/C21H22N2O/c22-21-15-23(14-20(21)16-6-4-5-7-16)17-10-12-19(13-11-17)24-18-8-2-1-3-9-18/h1-3,8-16H,4-7,22H2. The summed E-state index contributed by atoms with van der Waals surface area (Å²) in [5, 5.41) is 0. The first-order valence-corrected chi connectivity index (χ1v) is 8.60. The number of anilines is 1. The van der Waals surface area contributed by atoms with Crippen molar-refractivity contribution < 1.29 is 4.74 Å². The molecule has 0 unspecified atom stereocenters. The molecule has 1 fully saturated rings. The minimum absolute atomic E-state index is 0.631. The van der Waals surface area contributed by atoms with E-state index in [0.717, 1.165) is 22.9 Å². The van der Waals surface area contributed by atoms with Crippen molar-refractivity contribution >= 4 is 5.69 Å². The van der Waals surface area contributed by atoms with E-state index in [9.17, 15) is 0 Å². The molecular formula is C21H22N2O. The van der Waals surface area contributed by atoms with Crippen molar-refractivity contribution in [2.24, 2.45) is 0 Å². The van der Waals surface area contributed by atoms with Gasteiger partial charge in [-0.3, -0.25) is 0 Å². The zero-order chi connectivity index (χ0) is 16.4. The maximum atomic E-state index is 6.25. The lowest BCUT2D eigenvalue weighted by atomic mass is 10.00. The van der Waals surface area contributed by atoms with Crippen LogP contribution >= 0.6 is 0 Å². The number of benzene rings is 2. The molecule has 1 saturated carbocycles. The third kappa shape index (κ3) is 3.02. The van der Waals surface area contributed by atoms with Crippen molar-refractivity contribution in [1.82, 2.24) is 4.57 Å². The average Bonchev–Trinajstić information content (AvgIpc) is 3.26. The molecule has 3 nitrogen and oxygen atoms in total. The number of hydrogen-bond donors (Lipinski definition) is 1. The highest BCUT2D eigenvalue weighted by Crippen LogP contribution is 2.37. The van der Waals surface area contributed by atoms with Crippen molar-refractivity contribution in [3.05, 3.63) is 72.6 Å². The van der Waals surface area contributed by atoms with E-state index in [-0.39, 0.29) is 0 Å². The van der Waals surface area contributed by atoms with E-state index in [1.54, 1.807) is 0 Å². The lowest BCUT2D eigenvalue weighted by Crippen LogP contribution is -1.94. The fourth-order valence-electron chi connectivity index (χ4n) is 3.52. The number of nitrogens with zero attached hydrogens (tertiary/aromatic N) is 1. The van der Waals surface area contributed by atoms with Crippen molar-refractivity contribution in [1.29, 1.82) is 0 Å². The van der Waals surface area contributed by atoms with Crippen LogP contribution in [0.1, 0.15) is 37.2 Å². The SMILES string of the molecule is Nc1cn(-c2ccc(Oc3ccccc3)cc2)cc1C1CCCC1. The molecule has 1 aromatic heterocycles. The maximum absolute atomic E-state index is 6.25. The summed E-state index contributed by atoms with van der Waals surface area (Å²) in [5.41, 5.74) is 9.56. The molecule has 0 aliphatic heterocycles. The predicted octanol–water partition coefficient (Wildman–Crippen LogP) is 5.51. The number of nitrogens with two attached hydrogens (primary N) is 1. The number of ether oxygens (including phenoxy) is 1. The number of nitrogen functional groups attached to an aromatic ring is 1. The monoisotopic (exact) mass is 318 g/mol. The zero-order valence-electron chi connectivity index (χ0n) is 13.7. The molecule has 2 aromatic carbocycles. The van der Waals surface area contributed by atoms with Gasteiger partial charge in [0.05, 0.1) is 5.69 Å². The Balaban J connectivity index is 1.53. The molecule has 4 rings (SSSR count). The van der Waals surface area contributed by atoms with Crippen LogP contribution in [-0.2, 0) is 0 Å². The van der Waals surface area contributed by atoms with Gasteiger partial charge >= 0.3 is 0 Å². The Morgan fingerprint density at radius 2 is 1.50 bits per heavy atom. The van der Waals surface area contributed by atoms with Crippen LogP contribution in [0.3, 0.4) is 0 Å². The second-order valence-electron chi connectivity index (χ2n) is 6.47. The molecule has 0 spiro atoms. The number of hydrogen-bond acceptors (Lipinski definition) is 2. The summed E-state index contributed by atoms with van der Waals surface area (Å²) >= 11 is 0. The van der Waals surface area contributed by atoms with E-state index >= 15 is 0 Å². The van der Waals surface area contributed by atoms with E-state index in [4.69, 9.17) is 10.5 Å². The Bertz CT molecular complexity index is 800. The van der Waals surface area contributed by atoms with Gasteiger partial charge in [0.25, 0.3) is 0 Å². The third-order valence-electron chi connectivity index (χ3n) is 4.80. The molecule has 3 heteroatoms. The van der Waals surface area contributed by atoms with Crippen molar-refractivity contribution in [3.8, 4) is 17.2 Å². The van der Waals surface area contributed by atoms with Crippen molar-refractivity contribution in [2.75, 3.05) is 5.73 Å². The minimum Gasteiger partial charge on any atom is -0.457 e. The molecular weight excluding hydrogens is 296 g/mol. The summed E-state index contributed by atoms with van der Waals surface area (Å²) in [6.07, 6.45) is 9.39. The van der Waals surface area contributed by atoms with Gasteiger partial charge in [0.15, 0.2) is 0 Å². The van der Waals surface area contributed by atoms with Crippen LogP contribution in [0, 0.1) is 0 Å². The Labute approximate surface area is 142 Å². The molecule has 0 bridgehead atoms. The summed E-state index contributed by atoms with van der Waals surface area (Å²) < 4.78 is 7.97. The van der Waals surface area contributed by atoms with E-state index < -0.39 is 0 Å². The summed E-state index contributed by atoms with van der Waals surface area (Å²) in [4.78, 5) is 0. The first-order valence-electron chi connectivity index (χ1n) is 8.60. The first kappa shape index (κ1) is 14.9. The molecule has 2 N–H and O–H groups in total. The number of rotatable bonds is 4. The van der Waals surface area contributed by atoms with Gasteiger partial charge in [-0.1, -0.05) is 31.0 Å². The van der Waals surface area contributed by atoms with Gasteiger partial charge in [0.2, 0.25) is 0 Å². The largest absolute Gasteiger partial charge is 0.457 e. The van der Waals surface area contributed by atoms with Crippen LogP contribution in [0.4, 0.5) is 5.69 Å². The Hall–Kier alpha value is -2.68. The van der Waals surface area contributed by atoms with Gasteiger partial charge < -0.3 is 15.0 Å². The maximum Gasteiger partial charge on any atom is 0.127 e. The highest BCUT2D eigenvalue weighted by Gasteiger charge is 2.20. The van der Waals surface area contributed by atoms with E-state index in [1.807, 2.05) is 48.7 Å². The Morgan fingerprint density at radius 1 is 0.833 bits per heavy atom. The van der Waals surface area contributed by atoms with Crippen LogP contribution in [-0.4, -0.2) is 4.57 Å². The van der Waals surface area contributed by atoms with Gasteiger partial charge in [-0.05, 0) is 60.7 Å². The molecule has 0 atom stereocenters. The van der Waals surface area contributed by atoms with Crippen LogP contribution in [0.25, 0.3) is 5.69 Å². The van der Waals surface area contributed by atoms with Gasteiger partial charge in [0.1, 0.15) is 11.5 Å². The second-order valence-corrected chi connectivity index (χ2v) is 6.47. The Morgan fingerprint density at radius 3 is 2.21 bits per heavy atom. The normalized spacial score (nSPS) is 14.8. The molecule has 1 aliphatic carbocycles. The fraction of sp³-hybridized carbons (Fsp3) is 0.238. The molecule has 0 amide bonds. The summed E-state index contributed by atoms with van der Waals surface area (Å²) in [5.74, 6) is 2.31. The van der Waals surface area contributed by atoms with Crippen LogP contribution in [0.5, 0.6) is 11.5 Å². The molecule has 0 saturated heterocycles. The van der Waals surface area contributed by atoms with Crippen LogP contribution in [0.15, 0.2) is 67.0 Å². The van der Waals surface area contributed by atoms with Gasteiger partial charge in [0, 0.05) is 18.1 Å². The zero-order valence-corrected chi connectivity index (χ0v) is 13.7. The fourth-order valence-corrected chi connectivity index (χ4v) is 3.52. The van der Waals surface area contributed by atoms with E-state index in [1.165, 1.54) is 31.2 Å². The smallest absolute Gasteiger partial charge is 0.127 e. The van der Waals surface area contributed by atoms with Crippen LogP contribution in [0.2, 0.25) is 0 Å². The van der Waals surface area contributed by atoms with Gasteiger partial charge in [-0.2, -0.15) is 0 Å². The molecule has 1 aliphatic rings. The summed E-state index contributed by atoms with van der Waals surface area (Å²) in [7, 11) is 0. The topological polar surface area (TPSA) is 40.2 Å². The second kappa shape index (κ2) is 6.44. The number of aromatic nitrogens is 1. The van der Waals surface area contributed by atoms with E-state index in [0.29, 0.717) is 5.92 Å². The van der Waals surface area contributed by atoms with E-state index in [2.05, 4.69) is 22.9 Å². The molecule has 1 heterocycles. The van der Waals surface area contributed by atoms with Gasteiger partial charge in [-0.15, -0.1) is 0 Å². The quantitative estimate of drug-likeness (QED) is 0.689. The lowest BCUT2D eigenvalue weighted by Gasteiger charge is -2.08. The molecule has 122 valence electrons. The Kier molecular flexibility index (Phi) is 3.99. The third-order valence-corrected chi connectivity index (χ3v) is 4.80. The predicted molar refractivity (Wildman–Crippen MR) is 97.9 cm³/mol. The molecule has 3 aromatic rings. The van der Waals surface area contributed by atoms with Crippen LogP contribution < -0.4 is 10.5 Å². The average molecular weight is 318 g/mol. The lowest BCUT2D eigenvalue weighted by molar-refractivity contribution is 0.482. The highest BCUT2D eigenvalue weighted by molar-refractivity contribution is 5.52. The number of para-hydroxylation sites is 1.